The summed E-state index contributed by atoms with van der Waals surface area (Å²) in [6, 6.07) is 6.34. The Morgan fingerprint density at radius 1 is 1.35 bits per heavy atom. The number of nitrogens with one attached hydrogen (secondary N) is 2. The number of hydrogen-bond acceptors (Lipinski definition) is 3. The number of aryl methyl sites for hydroxylation is 1. The fraction of sp³-hybridized carbons (Fsp3) is 0.650. The molecule has 5 nitrogen and oxygen atoms in total. The SMILES string of the molecule is CCNC(=NCc1ccc(C)cc1OCC1CCOC1)NCC(C)C.I. The second kappa shape index (κ2) is 12.4. The fourth-order valence-electron chi connectivity index (χ4n) is 2.66. The van der Waals surface area contributed by atoms with E-state index >= 15 is 0 Å². The first-order valence-electron chi connectivity index (χ1n) is 9.40. The molecule has 2 N–H and O–H groups in total. The Kier molecular flexibility index (Phi) is 11.0. The highest BCUT2D eigenvalue weighted by Crippen LogP contribution is 2.23. The maximum Gasteiger partial charge on any atom is 0.191 e. The van der Waals surface area contributed by atoms with Gasteiger partial charge in [-0.1, -0.05) is 26.0 Å². The molecule has 1 aromatic carbocycles. The van der Waals surface area contributed by atoms with Gasteiger partial charge >= 0.3 is 0 Å². The van der Waals surface area contributed by atoms with Crippen LogP contribution in [0, 0.1) is 18.8 Å². The zero-order valence-electron chi connectivity index (χ0n) is 16.5. The van der Waals surface area contributed by atoms with Gasteiger partial charge in [0.05, 0.1) is 19.8 Å². The summed E-state index contributed by atoms with van der Waals surface area (Å²) in [6.07, 6.45) is 1.09. The minimum absolute atomic E-state index is 0. The van der Waals surface area contributed by atoms with Crippen LogP contribution < -0.4 is 15.4 Å². The van der Waals surface area contributed by atoms with Crippen molar-refractivity contribution in [2.75, 3.05) is 32.9 Å². The highest BCUT2D eigenvalue weighted by Gasteiger charge is 2.17. The second-order valence-corrected chi connectivity index (χ2v) is 7.12. The molecule has 0 aliphatic carbocycles. The largest absolute Gasteiger partial charge is 0.493 e. The van der Waals surface area contributed by atoms with E-state index in [9.17, 15) is 0 Å². The number of benzene rings is 1. The molecule has 0 spiro atoms. The Labute approximate surface area is 175 Å². The van der Waals surface area contributed by atoms with E-state index in [2.05, 4.69) is 56.5 Å². The van der Waals surface area contributed by atoms with Crippen molar-refractivity contribution in [1.29, 1.82) is 0 Å². The van der Waals surface area contributed by atoms with Crippen molar-refractivity contribution in [2.45, 2.75) is 40.7 Å². The van der Waals surface area contributed by atoms with Crippen molar-refractivity contribution in [3.63, 3.8) is 0 Å². The Morgan fingerprint density at radius 2 is 2.15 bits per heavy atom. The lowest BCUT2D eigenvalue weighted by Crippen LogP contribution is -2.39. The van der Waals surface area contributed by atoms with Gasteiger partial charge in [-0.05, 0) is 37.8 Å². The molecule has 148 valence electrons. The van der Waals surface area contributed by atoms with Gasteiger partial charge < -0.3 is 20.1 Å². The van der Waals surface area contributed by atoms with E-state index in [1.54, 1.807) is 0 Å². The first-order chi connectivity index (χ1) is 12.1. The predicted octanol–water partition coefficient (Wildman–Crippen LogP) is 3.74. The summed E-state index contributed by atoms with van der Waals surface area (Å²) in [5.41, 5.74) is 2.32. The van der Waals surface area contributed by atoms with Crippen molar-refractivity contribution in [3.05, 3.63) is 29.3 Å². The number of hydrogen-bond donors (Lipinski definition) is 2. The standard InChI is InChI=1S/C20H33N3O2.HI/c1-5-21-20(22-11-15(2)3)23-12-18-7-6-16(4)10-19(18)25-14-17-8-9-24-13-17;/h6-7,10,15,17H,5,8-9,11-14H2,1-4H3,(H2,21,22,23);1H. The molecule has 0 aromatic heterocycles. The normalized spacial score (nSPS) is 17.1. The molecular weight excluding hydrogens is 441 g/mol. The third-order valence-corrected chi connectivity index (χ3v) is 4.15. The van der Waals surface area contributed by atoms with Crippen LogP contribution in [0.25, 0.3) is 0 Å². The van der Waals surface area contributed by atoms with Crippen LogP contribution in [-0.2, 0) is 11.3 Å². The minimum Gasteiger partial charge on any atom is -0.493 e. The van der Waals surface area contributed by atoms with E-state index in [1.165, 1.54) is 5.56 Å². The molecule has 1 aromatic rings. The van der Waals surface area contributed by atoms with Crippen LogP contribution >= 0.6 is 24.0 Å². The van der Waals surface area contributed by atoms with E-state index in [1.807, 2.05) is 0 Å². The summed E-state index contributed by atoms with van der Waals surface area (Å²) in [5, 5.41) is 6.68. The van der Waals surface area contributed by atoms with Crippen LogP contribution in [0.5, 0.6) is 5.75 Å². The number of ether oxygens (including phenoxy) is 2. The molecule has 1 unspecified atom stereocenters. The Balaban J connectivity index is 0.00000338. The molecule has 1 fully saturated rings. The van der Waals surface area contributed by atoms with Gasteiger partial charge in [-0.2, -0.15) is 0 Å². The second-order valence-electron chi connectivity index (χ2n) is 7.12. The minimum atomic E-state index is 0. The lowest BCUT2D eigenvalue weighted by Gasteiger charge is -2.15. The first-order valence-corrected chi connectivity index (χ1v) is 9.40. The number of rotatable bonds is 8. The predicted molar refractivity (Wildman–Crippen MR) is 119 cm³/mol. The topological polar surface area (TPSA) is 54.9 Å². The van der Waals surface area contributed by atoms with E-state index in [0.717, 1.165) is 50.0 Å². The van der Waals surface area contributed by atoms with Crippen molar-refractivity contribution in [3.8, 4) is 5.75 Å². The summed E-state index contributed by atoms with van der Waals surface area (Å²) in [7, 11) is 0. The summed E-state index contributed by atoms with van der Waals surface area (Å²) in [4.78, 5) is 4.72. The van der Waals surface area contributed by atoms with E-state index < -0.39 is 0 Å². The molecule has 26 heavy (non-hydrogen) atoms. The smallest absolute Gasteiger partial charge is 0.191 e. The maximum atomic E-state index is 6.10. The van der Waals surface area contributed by atoms with Crippen LogP contribution in [0.15, 0.2) is 23.2 Å². The molecule has 0 radical (unpaired) electrons. The molecular formula is C20H34IN3O2. The molecule has 6 heteroatoms. The number of aliphatic imine (C=N–C) groups is 1. The number of nitrogens with zero attached hydrogens (tertiary/aromatic N) is 1. The van der Waals surface area contributed by atoms with Crippen LogP contribution in [-0.4, -0.2) is 38.9 Å². The van der Waals surface area contributed by atoms with Gasteiger partial charge in [-0.3, -0.25) is 0 Å². The van der Waals surface area contributed by atoms with Gasteiger partial charge in [0.1, 0.15) is 5.75 Å². The first kappa shape index (κ1) is 23.0. The van der Waals surface area contributed by atoms with Gasteiger partial charge in [0.25, 0.3) is 0 Å². The van der Waals surface area contributed by atoms with E-state index in [-0.39, 0.29) is 24.0 Å². The van der Waals surface area contributed by atoms with Crippen molar-refractivity contribution < 1.29 is 9.47 Å². The quantitative estimate of drug-likeness (QED) is 0.342. The van der Waals surface area contributed by atoms with Crippen LogP contribution in [0.2, 0.25) is 0 Å². The molecule has 1 heterocycles. The van der Waals surface area contributed by atoms with E-state index in [0.29, 0.717) is 25.0 Å². The zero-order valence-corrected chi connectivity index (χ0v) is 18.8. The van der Waals surface area contributed by atoms with Crippen LogP contribution in [0.1, 0.15) is 38.3 Å². The molecule has 1 atom stereocenters. The average molecular weight is 475 g/mol. The lowest BCUT2D eigenvalue weighted by atomic mass is 10.1. The molecule has 0 saturated carbocycles. The number of guanidine groups is 1. The molecule has 0 bridgehead atoms. The third-order valence-electron chi connectivity index (χ3n) is 4.15. The molecule has 1 saturated heterocycles. The zero-order chi connectivity index (χ0) is 18.1. The van der Waals surface area contributed by atoms with Crippen molar-refractivity contribution in [2.24, 2.45) is 16.8 Å². The Morgan fingerprint density at radius 3 is 2.81 bits per heavy atom. The summed E-state index contributed by atoms with van der Waals surface area (Å²) in [6.45, 7) is 13.3. The monoisotopic (exact) mass is 475 g/mol. The Bertz CT molecular complexity index is 558. The van der Waals surface area contributed by atoms with Crippen molar-refractivity contribution >= 4 is 29.9 Å². The summed E-state index contributed by atoms with van der Waals surface area (Å²) in [5.74, 6) is 2.87. The van der Waals surface area contributed by atoms with Gasteiger partial charge in [0.15, 0.2) is 5.96 Å². The summed E-state index contributed by atoms with van der Waals surface area (Å²) >= 11 is 0. The van der Waals surface area contributed by atoms with Gasteiger partial charge in [-0.25, -0.2) is 4.99 Å². The van der Waals surface area contributed by atoms with Crippen molar-refractivity contribution in [1.82, 2.24) is 10.6 Å². The van der Waals surface area contributed by atoms with Crippen LogP contribution in [0.3, 0.4) is 0 Å². The van der Waals surface area contributed by atoms with Crippen LogP contribution in [0.4, 0.5) is 0 Å². The Hall–Kier alpha value is -1.02. The molecule has 2 rings (SSSR count). The van der Waals surface area contributed by atoms with Gasteiger partial charge in [0.2, 0.25) is 0 Å². The van der Waals surface area contributed by atoms with Gasteiger partial charge in [-0.15, -0.1) is 24.0 Å². The lowest BCUT2D eigenvalue weighted by molar-refractivity contribution is 0.166. The fourth-order valence-corrected chi connectivity index (χ4v) is 2.66. The third kappa shape index (κ3) is 8.12. The van der Waals surface area contributed by atoms with E-state index in [4.69, 9.17) is 14.5 Å². The van der Waals surface area contributed by atoms with Gasteiger partial charge in [0, 0.05) is 31.2 Å². The maximum absolute atomic E-state index is 6.10. The molecule has 1 aliphatic rings. The number of halogens is 1. The highest BCUT2D eigenvalue weighted by molar-refractivity contribution is 14.0. The highest BCUT2D eigenvalue weighted by atomic mass is 127. The average Bonchev–Trinajstić information content (AvgIpc) is 3.10. The summed E-state index contributed by atoms with van der Waals surface area (Å²) < 4.78 is 11.5. The molecule has 1 aliphatic heterocycles. The molecule has 0 amide bonds.